The van der Waals surface area contributed by atoms with E-state index in [1.807, 2.05) is 13.0 Å². The van der Waals surface area contributed by atoms with Gasteiger partial charge in [-0.1, -0.05) is 6.07 Å². The second kappa shape index (κ2) is 4.71. The zero-order valence-electron chi connectivity index (χ0n) is 9.93. The normalized spacial score (nSPS) is 19.6. The van der Waals surface area contributed by atoms with Crippen LogP contribution in [-0.2, 0) is 0 Å². The van der Waals surface area contributed by atoms with E-state index in [9.17, 15) is 10.1 Å². The zero-order valence-corrected chi connectivity index (χ0v) is 9.93. The fourth-order valence-corrected chi connectivity index (χ4v) is 2.42. The van der Waals surface area contributed by atoms with Crippen molar-refractivity contribution in [3.8, 4) is 0 Å². The summed E-state index contributed by atoms with van der Waals surface area (Å²) in [6, 6.07) is 5.47. The van der Waals surface area contributed by atoms with Gasteiger partial charge in [0.15, 0.2) is 0 Å². The van der Waals surface area contributed by atoms with Crippen LogP contribution < -0.4 is 10.6 Å². The first-order valence-corrected chi connectivity index (χ1v) is 5.85. The van der Waals surface area contributed by atoms with Crippen molar-refractivity contribution in [1.29, 1.82) is 0 Å². The van der Waals surface area contributed by atoms with Crippen LogP contribution in [0.2, 0.25) is 0 Å². The van der Waals surface area contributed by atoms with Gasteiger partial charge >= 0.3 is 0 Å². The molecule has 1 saturated heterocycles. The fraction of sp³-hybridized carbons (Fsp3) is 0.500. The van der Waals surface area contributed by atoms with Gasteiger partial charge in [-0.3, -0.25) is 10.1 Å². The molecule has 5 heteroatoms. The van der Waals surface area contributed by atoms with Crippen molar-refractivity contribution >= 4 is 11.4 Å². The van der Waals surface area contributed by atoms with Gasteiger partial charge in [0.05, 0.1) is 4.92 Å². The Hall–Kier alpha value is -1.62. The molecule has 2 rings (SSSR count). The number of hydrogen-bond donors (Lipinski definition) is 1. The number of aryl methyl sites for hydroxylation is 1. The average Bonchev–Trinajstić information content (AvgIpc) is 2.76. The molecule has 5 nitrogen and oxygen atoms in total. The minimum Gasteiger partial charge on any atom is -0.362 e. The molecule has 1 aromatic rings. The molecular formula is C12H17N3O2. The number of nitrogens with zero attached hydrogens (tertiary/aromatic N) is 2. The van der Waals surface area contributed by atoms with Gasteiger partial charge in [-0.05, 0) is 31.4 Å². The number of hydrogen-bond acceptors (Lipinski definition) is 4. The summed E-state index contributed by atoms with van der Waals surface area (Å²) in [5, 5.41) is 11.0. The Bertz CT molecular complexity index is 434. The van der Waals surface area contributed by atoms with E-state index in [-0.39, 0.29) is 16.7 Å². The molecule has 17 heavy (non-hydrogen) atoms. The van der Waals surface area contributed by atoms with Crippen LogP contribution in [-0.4, -0.2) is 24.1 Å². The molecule has 1 atom stereocenters. The third-order valence-electron chi connectivity index (χ3n) is 3.29. The summed E-state index contributed by atoms with van der Waals surface area (Å²) < 4.78 is 0. The maximum Gasteiger partial charge on any atom is 0.292 e. The summed E-state index contributed by atoms with van der Waals surface area (Å²) >= 11 is 0. The summed E-state index contributed by atoms with van der Waals surface area (Å²) in [7, 11) is 0. The van der Waals surface area contributed by atoms with Crippen molar-refractivity contribution in [2.45, 2.75) is 25.8 Å². The molecule has 1 aliphatic rings. The first-order chi connectivity index (χ1) is 8.13. The van der Waals surface area contributed by atoms with Crippen LogP contribution in [0, 0.1) is 17.0 Å². The van der Waals surface area contributed by atoms with Gasteiger partial charge < -0.3 is 10.6 Å². The number of nitrogens with two attached hydrogens (primary N) is 1. The monoisotopic (exact) mass is 235 g/mol. The molecule has 92 valence electrons. The predicted octanol–water partition coefficient (Wildman–Crippen LogP) is 1.83. The first-order valence-electron chi connectivity index (χ1n) is 5.85. The largest absolute Gasteiger partial charge is 0.362 e. The number of nitro groups is 1. The van der Waals surface area contributed by atoms with Gasteiger partial charge in [-0.25, -0.2) is 0 Å². The van der Waals surface area contributed by atoms with Crippen molar-refractivity contribution in [1.82, 2.24) is 0 Å². The lowest BCUT2D eigenvalue weighted by Gasteiger charge is -2.25. The zero-order chi connectivity index (χ0) is 12.4. The Kier molecular flexibility index (Phi) is 3.28. The van der Waals surface area contributed by atoms with Gasteiger partial charge in [0.25, 0.3) is 5.69 Å². The number of benzene rings is 1. The van der Waals surface area contributed by atoms with E-state index < -0.39 is 0 Å². The number of anilines is 1. The molecule has 1 unspecified atom stereocenters. The highest BCUT2D eigenvalue weighted by molar-refractivity contribution is 5.65. The standard InChI is InChI=1S/C12H17N3O2/c1-9-4-5-11(15(16)17)12(7-9)14-6-2-3-10(14)8-13/h4-5,7,10H,2-3,6,8,13H2,1H3. The Morgan fingerprint density at radius 1 is 1.59 bits per heavy atom. The maximum atomic E-state index is 11.0. The average molecular weight is 235 g/mol. The van der Waals surface area contributed by atoms with Crippen LogP contribution in [0.3, 0.4) is 0 Å². The van der Waals surface area contributed by atoms with Crippen molar-refractivity contribution < 1.29 is 4.92 Å². The fourth-order valence-electron chi connectivity index (χ4n) is 2.42. The lowest BCUT2D eigenvalue weighted by Crippen LogP contribution is -2.35. The molecule has 1 fully saturated rings. The molecule has 1 aromatic carbocycles. The van der Waals surface area contributed by atoms with Gasteiger partial charge in [-0.15, -0.1) is 0 Å². The van der Waals surface area contributed by atoms with E-state index in [2.05, 4.69) is 4.90 Å². The van der Waals surface area contributed by atoms with Crippen molar-refractivity contribution in [2.75, 3.05) is 18.0 Å². The topological polar surface area (TPSA) is 72.4 Å². The van der Waals surface area contributed by atoms with Crippen molar-refractivity contribution in [3.63, 3.8) is 0 Å². The van der Waals surface area contributed by atoms with E-state index in [0.717, 1.165) is 24.9 Å². The Morgan fingerprint density at radius 2 is 2.35 bits per heavy atom. The summed E-state index contributed by atoms with van der Waals surface area (Å²) in [6.45, 7) is 3.35. The highest BCUT2D eigenvalue weighted by atomic mass is 16.6. The minimum atomic E-state index is -0.319. The summed E-state index contributed by atoms with van der Waals surface area (Å²) in [5.41, 5.74) is 7.64. The quantitative estimate of drug-likeness (QED) is 0.640. The smallest absolute Gasteiger partial charge is 0.292 e. The molecule has 0 bridgehead atoms. The number of nitro benzene ring substituents is 1. The molecule has 1 heterocycles. The Labute approximate surface area is 100 Å². The molecule has 0 aromatic heterocycles. The number of rotatable bonds is 3. The summed E-state index contributed by atoms with van der Waals surface area (Å²) in [5.74, 6) is 0. The van der Waals surface area contributed by atoms with Crippen molar-refractivity contribution in [3.05, 3.63) is 33.9 Å². The molecule has 0 spiro atoms. The van der Waals surface area contributed by atoms with Gasteiger partial charge in [0.2, 0.25) is 0 Å². The van der Waals surface area contributed by atoms with E-state index in [0.29, 0.717) is 12.2 Å². The van der Waals surface area contributed by atoms with Crippen LogP contribution in [0.25, 0.3) is 0 Å². The summed E-state index contributed by atoms with van der Waals surface area (Å²) in [4.78, 5) is 12.8. The third-order valence-corrected chi connectivity index (χ3v) is 3.29. The highest BCUT2D eigenvalue weighted by Crippen LogP contribution is 2.33. The molecule has 0 amide bonds. The molecule has 0 aliphatic carbocycles. The third kappa shape index (κ3) is 2.24. The SMILES string of the molecule is Cc1ccc([N+](=O)[O-])c(N2CCCC2CN)c1. The minimum absolute atomic E-state index is 0.177. The van der Waals surface area contributed by atoms with E-state index >= 15 is 0 Å². The summed E-state index contributed by atoms with van der Waals surface area (Å²) in [6.07, 6.45) is 2.06. The Morgan fingerprint density at radius 3 is 3.00 bits per heavy atom. The highest BCUT2D eigenvalue weighted by Gasteiger charge is 2.28. The van der Waals surface area contributed by atoms with Crippen LogP contribution in [0.4, 0.5) is 11.4 Å². The van der Waals surface area contributed by atoms with E-state index in [1.54, 1.807) is 12.1 Å². The van der Waals surface area contributed by atoms with Crippen LogP contribution in [0.15, 0.2) is 18.2 Å². The molecule has 1 aliphatic heterocycles. The Balaban J connectivity index is 2.42. The van der Waals surface area contributed by atoms with Crippen molar-refractivity contribution in [2.24, 2.45) is 5.73 Å². The van der Waals surface area contributed by atoms with Crippen LogP contribution in [0.5, 0.6) is 0 Å². The van der Waals surface area contributed by atoms with Gasteiger partial charge in [-0.2, -0.15) is 0 Å². The van der Waals surface area contributed by atoms with E-state index in [1.165, 1.54) is 0 Å². The van der Waals surface area contributed by atoms with Crippen LogP contribution in [0.1, 0.15) is 18.4 Å². The first kappa shape index (κ1) is 11.9. The molecule has 0 saturated carbocycles. The second-order valence-corrected chi connectivity index (χ2v) is 4.47. The molecule has 2 N–H and O–H groups in total. The predicted molar refractivity (Wildman–Crippen MR) is 67.3 cm³/mol. The van der Waals surface area contributed by atoms with E-state index in [4.69, 9.17) is 5.73 Å². The second-order valence-electron chi connectivity index (χ2n) is 4.47. The van der Waals surface area contributed by atoms with Gasteiger partial charge in [0, 0.05) is 25.2 Å². The molecular weight excluding hydrogens is 218 g/mol. The lowest BCUT2D eigenvalue weighted by molar-refractivity contribution is -0.384. The maximum absolute atomic E-state index is 11.0. The van der Waals surface area contributed by atoms with Gasteiger partial charge in [0.1, 0.15) is 5.69 Å². The lowest BCUT2D eigenvalue weighted by atomic mass is 10.1. The molecule has 0 radical (unpaired) electrons. The van der Waals surface area contributed by atoms with Crippen LogP contribution >= 0.6 is 0 Å².